The Bertz CT molecular complexity index is 521. The van der Waals surface area contributed by atoms with E-state index in [0.29, 0.717) is 24.1 Å². The molecule has 0 spiro atoms. The fourth-order valence-electron chi connectivity index (χ4n) is 4.62. The summed E-state index contributed by atoms with van der Waals surface area (Å²) in [6, 6.07) is 0.742. The van der Waals surface area contributed by atoms with Crippen molar-refractivity contribution in [1.29, 1.82) is 0 Å². The van der Waals surface area contributed by atoms with Crippen molar-refractivity contribution in [1.82, 2.24) is 15.5 Å². The Kier molecular flexibility index (Phi) is 7.55. The van der Waals surface area contributed by atoms with Gasteiger partial charge in [-0.05, 0) is 19.3 Å². The number of aliphatic imine (C=N–C) groups is 1. The zero-order chi connectivity index (χ0) is 18.0. The number of ether oxygens (including phenoxy) is 2. The highest BCUT2D eigenvalue weighted by atomic mass is 127. The first-order chi connectivity index (χ1) is 12.0. The molecule has 2 heterocycles. The van der Waals surface area contributed by atoms with Crippen molar-refractivity contribution >= 4 is 35.8 Å². The summed E-state index contributed by atoms with van der Waals surface area (Å²) < 4.78 is 10.8. The zero-order valence-electron chi connectivity index (χ0n) is 16.3. The number of fused-ring (bicyclic) bond motifs is 1. The van der Waals surface area contributed by atoms with Crippen LogP contribution in [0.25, 0.3) is 0 Å². The third kappa shape index (κ3) is 4.27. The molecule has 0 radical (unpaired) electrons. The molecule has 3 atom stereocenters. The van der Waals surface area contributed by atoms with Gasteiger partial charge in [0.25, 0.3) is 0 Å². The number of amides is 1. The first kappa shape index (κ1) is 21.7. The summed E-state index contributed by atoms with van der Waals surface area (Å²) in [7, 11) is 3.38. The van der Waals surface area contributed by atoms with Crippen LogP contribution in [0, 0.1) is 11.3 Å². The number of methoxy groups -OCH3 is 1. The predicted molar refractivity (Wildman–Crippen MR) is 112 cm³/mol. The number of halogens is 1. The van der Waals surface area contributed by atoms with Crippen LogP contribution in [0.1, 0.15) is 33.1 Å². The molecule has 0 aromatic carbocycles. The Morgan fingerprint density at radius 2 is 1.96 bits per heavy atom. The molecule has 8 heteroatoms. The maximum absolute atomic E-state index is 11.9. The number of nitrogens with zero attached hydrogens (tertiary/aromatic N) is 2. The number of guanidine groups is 1. The van der Waals surface area contributed by atoms with Gasteiger partial charge in [-0.15, -0.1) is 24.0 Å². The van der Waals surface area contributed by atoms with E-state index in [1.165, 1.54) is 0 Å². The number of hydrogen-bond donors (Lipinski definition) is 2. The maximum Gasteiger partial charge on any atom is 0.248 e. The van der Waals surface area contributed by atoms with Crippen LogP contribution in [0.3, 0.4) is 0 Å². The van der Waals surface area contributed by atoms with Crippen LogP contribution in [-0.2, 0) is 14.3 Å². The Morgan fingerprint density at radius 3 is 2.58 bits per heavy atom. The van der Waals surface area contributed by atoms with Crippen LogP contribution < -0.4 is 10.6 Å². The predicted octanol–water partition coefficient (Wildman–Crippen LogP) is 1.22. The van der Waals surface area contributed by atoms with Gasteiger partial charge in [-0.2, -0.15) is 0 Å². The fraction of sp³-hybridized carbons (Fsp3) is 0.889. The molecular weight excluding hydrogens is 447 g/mol. The topological polar surface area (TPSA) is 75.2 Å². The van der Waals surface area contributed by atoms with E-state index in [-0.39, 0.29) is 41.9 Å². The minimum absolute atomic E-state index is 0. The van der Waals surface area contributed by atoms with Gasteiger partial charge in [0.05, 0.1) is 6.10 Å². The lowest BCUT2D eigenvalue weighted by atomic mass is 9.57. The number of carbonyl (C=O) groups excluding carboxylic acids is 1. The molecule has 0 bridgehead atoms. The SMILES string of the molecule is CN=C(NC1CCN(C(=O)COC)CC1)NC1C2CCOC2C1(C)C.I. The van der Waals surface area contributed by atoms with E-state index in [1.54, 1.807) is 7.11 Å². The minimum Gasteiger partial charge on any atom is -0.377 e. The third-order valence-corrected chi connectivity index (χ3v) is 6.07. The smallest absolute Gasteiger partial charge is 0.248 e. The zero-order valence-corrected chi connectivity index (χ0v) is 18.6. The molecule has 1 aliphatic carbocycles. The van der Waals surface area contributed by atoms with E-state index in [0.717, 1.165) is 44.9 Å². The summed E-state index contributed by atoms with van der Waals surface area (Å²) in [5.41, 5.74) is 0.134. The van der Waals surface area contributed by atoms with Crippen molar-refractivity contribution in [3.8, 4) is 0 Å². The van der Waals surface area contributed by atoms with E-state index >= 15 is 0 Å². The van der Waals surface area contributed by atoms with Gasteiger partial charge in [-0.25, -0.2) is 0 Å². The van der Waals surface area contributed by atoms with E-state index in [1.807, 2.05) is 11.9 Å². The molecule has 3 unspecified atom stereocenters. The fourth-order valence-corrected chi connectivity index (χ4v) is 4.62. The van der Waals surface area contributed by atoms with Crippen molar-refractivity contribution < 1.29 is 14.3 Å². The van der Waals surface area contributed by atoms with Gasteiger partial charge in [-0.1, -0.05) is 13.8 Å². The second-order valence-corrected chi connectivity index (χ2v) is 7.99. The normalized spacial score (nSPS) is 30.8. The number of nitrogens with one attached hydrogen (secondary N) is 2. The lowest BCUT2D eigenvalue weighted by molar-refractivity contribution is -0.136. The van der Waals surface area contributed by atoms with E-state index in [9.17, 15) is 4.79 Å². The Hall–Kier alpha value is -0.610. The number of hydrogen-bond acceptors (Lipinski definition) is 4. The Morgan fingerprint density at radius 1 is 1.27 bits per heavy atom. The van der Waals surface area contributed by atoms with Crippen molar-refractivity contribution in [3.63, 3.8) is 0 Å². The molecule has 3 aliphatic rings. The molecule has 0 aromatic rings. The maximum atomic E-state index is 11.9. The lowest BCUT2D eigenvalue weighted by Crippen LogP contribution is -2.68. The second-order valence-electron chi connectivity index (χ2n) is 7.99. The highest BCUT2D eigenvalue weighted by Gasteiger charge is 2.59. The van der Waals surface area contributed by atoms with Gasteiger partial charge in [-0.3, -0.25) is 9.79 Å². The molecule has 0 aromatic heterocycles. The Labute approximate surface area is 173 Å². The molecule has 3 fully saturated rings. The van der Waals surface area contributed by atoms with E-state index in [4.69, 9.17) is 9.47 Å². The summed E-state index contributed by atoms with van der Waals surface area (Å²) >= 11 is 0. The van der Waals surface area contributed by atoms with Crippen LogP contribution in [0.4, 0.5) is 0 Å². The van der Waals surface area contributed by atoms with Crippen molar-refractivity contribution in [2.75, 3.05) is 40.5 Å². The lowest BCUT2D eigenvalue weighted by Gasteiger charge is -2.55. The van der Waals surface area contributed by atoms with Gasteiger partial charge >= 0.3 is 0 Å². The van der Waals surface area contributed by atoms with Crippen molar-refractivity contribution in [3.05, 3.63) is 0 Å². The van der Waals surface area contributed by atoms with Gasteiger partial charge < -0.3 is 25.0 Å². The van der Waals surface area contributed by atoms with Crippen molar-refractivity contribution in [2.24, 2.45) is 16.3 Å². The molecule has 2 saturated heterocycles. The molecule has 1 amide bonds. The number of piperidine rings is 1. The standard InChI is InChI=1S/C18H32N4O3.HI/c1-18(2)15(13-7-10-25-16(13)18)21-17(19-3)20-12-5-8-22(9-6-12)14(23)11-24-4;/h12-13,15-16H,5-11H2,1-4H3,(H2,19,20,21);1H. The number of rotatable bonds is 4. The summed E-state index contributed by atoms with van der Waals surface area (Å²) in [5.74, 6) is 1.53. The van der Waals surface area contributed by atoms with E-state index < -0.39 is 0 Å². The summed E-state index contributed by atoms with van der Waals surface area (Å²) in [6.07, 6.45) is 3.36. The molecule has 3 rings (SSSR count). The first-order valence-corrected chi connectivity index (χ1v) is 9.35. The van der Waals surface area contributed by atoms with Crippen LogP contribution in [0.15, 0.2) is 4.99 Å². The average molecular weight is 480 g/mol. The minimum atomic E-state index is 0. The summed E-state index contributed by atoms with van der Waals surface area (Å²) in [4.78, 5) is 18.2. The highest BCUT2D eigenvalue weighted by Crippen LogP contribution is 2.52. The van der Waals surface area contributed by atoms with Crippen LogP contribution in [0.5, 0.6) is 0 Å². The van der Waals surface area contributed by atoms with Gasteiger partial charge in [0.1, 0.15) is 6.61 Å². The summed E-state index contributed by atoms with van der Waals surface area (Å²) in [5, 5.41) is 7.17. The average Bonchev–Trinajstić information content (AvgIpc) is 3.06. The van der Waals surface area contributed by atoms with Crippen LogP contribution in [0.2, 0.25) is 0 Å². The van der Waals surface area contributed by atoms with E-state index in [2.05, 4.69) is 29.5 Å². The quantitative estimate of drug-likeness (QED) is 0.360. The van der Waals surface area contributed by atoms with Crippen LogP contribution in [-0.4, -0.2) is 75.4 Å². The Balaban J connectivity index is 0.00000243. The highest BCUT2D eigenvalue weighted by molar-refractivity contribution is 14.0. The second kappa shape index (κ2) is 9.05. The molecule has 2 N–H and O–H groups in total. The summed E-state index contributed by atoms with van der Waals surface area (Å²) in [6.45, 7) is 7.11. The molecular formula is C18H33IN4O3. The number of likely N-dealkylation sites (tertiary alicyclic amines) is 1. The molecule has 150 valence electrons. The third-order valence-electron chi connectivity index (χ3n) is 6.07. The van der Waals surface area contributed by atoms with Crippen LogP contribution >= 0.6 is 24.0 Å². The number of carbonyl (C=O) groups is 1. The molecule has 7 nitrogen and oxygen atoms in total. The van der Waals surface area contributed by atoms with Gasteiger partial charge in [0, 0.05) is 57.3 Å². The molecule has 1 saturated carbocycles. The largest absolute Gasteiger partial charge is 0.377 e. The first-order valence-electron chi connectivity index (χ1n) is 9.35. The molecule has 2 aliphatic heterocycles. The van der Waals surface area contributed by atoms with Gasteiger partial charge in [0.15, 0.2) is 5.96 Å². The molecule has 26 heavy (non-hydrogen) atoms. The van der Waals surface area contributed by atoms with Crippen molar-refractivity contribution in [2.45, 2.75) is 51.3 Å². The monoisotopic (exact) mass is 480 g/mol. The van der Waals surface area contributed by atoms with Gasteiger partial charge in [0.2, 0.25) is 5.91 Å².